The van der Waals surface area contributed by atoms with Gasteiger partial charge in [-0.3, -0.25) is 19.1 Å². The average molecular weight is 407 g/mol. The lowest BCUT2D eigenvalue weighted by atomic mass is 10.1. The number of rotatable bonds is 8. The Bertz CT molecular complexity index is 1040. The first-order chi connectivity index (χ1) is 14.2. The van der Waals surface area contributed by atoms with Crippen LogP contribution in [0.25, 0.3) is 21.8 Å². The Balaban J connectivity index is 1.44. The van der Waals surface area contributed by atoms with Crippen LogP contribution in [0.5, 0.6) is 0 Å². The highest BCUT2D eigenvalue weighted by Crippen LogP contribution is 2.33. The van der Waals surface area contributed by atoms with Crippen LogP contribution in [-0.2, 0) is 11.3 Å². The predicted molar refractivity (Wildman–Crippen MR) is 113 cm³/mol. The molecule has 7 nitrogen and oxygen atoms in total. The third-order valence-corrected chi connectivity index (χ3v) is 5.51. The van der Waals surface area contributed by atoms with Crippen LogP contribution < -0.4 is 5.32 Å². The fourth-order valence-corrected chi connectivity index (χ4v) is 4.00. The van der Waals surface area contributed by atoms with Gasteiger partial charge in [0.25, 0.3) is 0 Å². The van der Waals surface area contributed by atoms with E-state index in [0.29, 0.717) is 19.5 Å². The number of hydrogen-bond acceptors (Lipinski definition) is 5. The van der Waals surface area contributed by atoms with E-state index in [1.807, 2.05) is 59.7 Å². The van der Waals surface area contributed by atoms with Crippen LogP contribution in [-0.4, -0.2) is 37.0 Å². The molecule has 0 aliphatic heterocycles. The summed E-state index contributed by atoms with van der Waals surface area (Å²) in [6.45, 7) is 3.07. The molecule has 4 aromatic heterocycles. The van der Waals surface area contributed by atoms with Gasteiger partial charge in [0.1, 0.15) is 0 Å². The molecule has 4 heterocycles. The van der Waals surface area contributed by atoms with E-state index >= 15 is 0 Å². The van der Waals surface area contributed by atoms with E-state index in [1.54, 1.807) is 28.4 Å². The van der Waals surface area contributed by atoms with Gasteiger partial charge in [-0.15, -0.1) is 11.3 Å². The highest BCUT2D eigenvalue weighted by molar-refractivity contribution is 7.13. The molecule has 29 heavy (non-hydrogen) atoms. The van der Waals surface area contributed by atoms with Gasteiger partial charge in [0.2, 0.25) is 5.91 Å². The standard InChI is InChI=1S/C21H22N6OS/c1-16(26-11-5-9-24-26)14-20(28)23-10-12-27-21(19-7-4-13-29-19)17(15-25-27)18-6-2-3-8-22-18/h2-9,11,13,15-16H,10,12,14H2,1H3,(H,23,28). The number of pyridine rings is 1. The third kappa shape index (κ3) is 4.43. The van der Waals surface area contributed by atoms with Crippen molar-refractivity contribution in [3.63, 3.8) is 0 Å². The lowest BCUT2D eigenvalue weighted by Gasteiger charge is -2.13. The molecular weight excluding hydrogens is 384 g/mol. The molecule has 1 N–H and O–H groups in total. The van der Waals surface area contributed by atoms with Gasteiger partial charge in [0.15, 0.2) is 0 Å². The van der Waals surface area contributed by atoms with Gasteiger partial charge in [0, 0.05) is 37.1 Å². The number of amides is 1. The predicted octanol–water partition coefficient (Wildman–Crippen LogP) is 3.64. The van der Waals surface area contributed by atoms with Gasteiger partial charge in [-0.1, -0.05) is 12.1 Å². The van der Waals surface area contributed by atoms with Crippen molar-refractivity contribution in [2.75, 3.05) is 6.54 Å². The zero-order valence-electron chi connectivity index (χ0n) is 16.1. The van der Waals surface area contributed by atoms with Gasteiger partial charge in [-0.05, 0) is 36.6 Å². The smallest absolute Gasteiger partial charge is 0.222 e. The number of nitrogens with zero attached hydrogens (tertiary/aromatic N) is 5. The van der Waals surface area contributed by atoms with E-state index in [1.165, 1.54) is 0 Å². The maximum atomic E-state index is 12.3. The van der Waals surface area contributed by atoms with Crippen molar-refractivity contribution >= 4 is 17.2 Å². The van der Waals surface area contributed by atoms with E-state index in [9.17, 15) is 4.79 Å². The van der Waals surface area contributed by atoms with Crippen molar-refractivity contribution in [3.8, 4) is 21.8 Å². The molecule has 0 fully saturated rings. The first kappa shape index (κ1) is 19.1. The molecule has 0 aromatic carbocycles. The Morgan fingerprint density at radius 3 is 2.83 bits per heavy atom. The van der Waals surface area contributed by atoms with E-state index in [-0.39, 0.29) is 11.9 Å². The monoisotopic (exact) mass is 406 g/mol. The van der Waals surface area contributed by atoms with E-state index in [2.05, 4.69) is 26.6 Å². The highest BCUT2D eigenvalue weighted by Gasteiger charge is 2.17. The summed E-state index contributed by atoms with van der Waals surface area (Å²) in [5.41, 5.74) is 2.91. The van der Waals surface area contributed by atoms with Crippen LogP contribution in [0.4, 0.5) is 0 Å². The molecule has 0 spiro atoms. The van der Waals surface area contributed by atoms with Crippen LogP contribution in [0.3, 0.4) is 0 Å². The summed E-state index contributed by atoms with van der Waals surface area (Å²) in [6, 6.07) is 11.8. The summed E-state index contributed by atoms with van der Waals surface area (Å²) in [6.07, 6.45) is 7.61. The summed E-state index contributed by atoms with van der Waals surface area (Å²) in [5, 5.41) is 13.8. The lowest BCUT2D eigenvalue weighted by molar-refractivity contribution is -0.121. The Hall–Kier alpha value is -3.26. The van der Waals surface area contributed by atoms with Crippen molar-refractivity contribution in [2.45, 2.75) is 25.9 Å². The largest absolute Gasteiger partial charge is 0.354 e. The molecule has 0 saturated heterocycles. The topological polar surface area (TPSA) is 77.6 Å². The Labute approximate surface area is 173 Å². The summed E-state index contributed by atoms with van der Waals surface area (Å²) in [5.74, 6) is 0.00257. The SMILES string of the molecule is CC(CC(=O)NCCn1ncc(-c2ccccn2)c1-c1cccs1)n1cccn1. The fourth-order valence-electron chi connectivity index (χ4n) is 3.21. The van der Waals surface area contributed by atoms with Gasteiger partial charge < -0.3 is 5.32 Å². The second-order valence-electron chi connectivity index (χ2n) is 6.71. The zero-order chi connectivity index (χ0) is 20.1. The molecule has 0 bridgehead atoms. The summed E-state index contributed by atoms with van der Waals surface area (Å²) >= 11 is 1.66. The number of nitrogens with one attached hydrogen (secondary N) is 1. The van der Waals surface area contributed by atoms with Crippen molar-refractivity contribution in [2.24, 2.45) is 0 Å². The second kappa shape index (κ2) is 8.83. The average Bonchev–Trinajstić information content (AvgIpc) is 3.49. The molecule has 148 valence electrons. The van der Waals surface area contributed by atoms with Gasteiger partial charge >= 0.3 is 0 Å². The fraction of sp³-hybridized carbons (Fsp3) is 0.238. The van der Waals surface area contributed by atoms with Crippen molar-refractivity contribution < 1.29 is 4.79 Å². The molecule has 0 radical (unpaired) electrons. The molecule has 4 aromatic rings. The van der Waals surface area contributed by atoms with E-state index < -0.39 is 0 Å². The van der Waals surface area contributed by atoms with Crippen molar-refractivity contribution in [1.82, 2.24) is 29.9 Å². The number of carbonyl (C=O) groups excluding carboxylic acids is 1. The zero-order valence-corrected chi connectivity index (χ0v) is 16.9. The quantitative estimate of drug-likeness (QED) is 0.485. The molecule has 0 saturated carbocycles. The summed E-state index contributed by atoms with van der Waals surface area (Å²) in [4.78, 5) is 17.9. The number of carbonyl (C=O) groups is 1. The van der Waals surface area contributed by atoms with Crippen LogP contribution in [0, 0.1) is 0 Å². The Kier molecular flexibility index (Phi) is 5.81. The van der Waals surface area contributed by atoms with Crippen LogP contribution in [0.2, 0.25) is 0 Å². The normalized spacial score (nSPS) is 12.0. The molecule has 0 aliphatic rings. The van der Waals surface area contributed by atoms with E-state index in [4.69, 9.17) is 0 Å². The van der Waals surface area contributed by atoms with Crippen molar-refractivity contribution in [3.05, 3.63) is 66.6 Å². The molecule has 1 amide bonds. The minimum atomic E-state index is 0.00257. The number of hydrogen-bond donors (Lipinski definition) is 1. The van der Waals surface area contributed by atoms with E-state index in [0.717, 1.165) is 21.8 Å². The van der Waals surface area contributed by atoms with Crippen LogP contribution in [0.1, 0.15) is 19.4 Å². The lowest BCUT2D eigenvalue weighted by Crippen LogP contribution is -2.29. The summed E-state index contributed by atoms with van der Waals surface area (Å²) < 4.78 is 3.73. The minimum absolute atomic E-state index is 0.00257. The second-order valence-corrected chi connectivity index (χ2v) is 7.66. The third-order valence-electron chi connectivity index (χ3n) is 4.64. The molecule has 1 unspecified atom stereocenters. The van der Waals surface area contributed by atoms with Gasteiger partial charge in [0.05, 0.1) is 35.0 Å². The van der Waals surface area contributed by atoms with Crippen molar-refractivity contribution in [1.29, 1.82) is 0 Å². The molecule has 4 rings (SSSR count). The minimum Gasteiger partial charge on any atom is -0.354 e. The number of thiophene rings is 1. The Morgan fingerprint density at radius 1 is 1.17 bits per heavy atom. The maximum Gasteiger partial charge on any atom is 0.222 e. The van der Waals surface area contributed by atoms with Crippen LogP contribution in [0.15, 0.2) is 66.6 Å². The van der Waals surface area contributed by atoms with Gasteiger partial charge in [-0.25, -0.2) is 0 Å². The first-order valence-corrected chi connectivity index (χ1v) is 10.4. The maximum absolute atomic E-state index is 12.3. The molecule has 0 aliphatic carbocycles. The van der Waals surface area contributed by atoms with Gasteiger partial charge in [-0.2, -0.15) is 10.2 Å². The molecular formula is C21H22N6OS. The first-order valence-electron chi connectivity index (χ1n) is 9.49. The summed E-state index contributed by atoms with van der Waals surface area (Å²) in [7, 11) is 0. The Morgan fingerprint density at radius 2 is 2.10 bits per heavy atom. The highest BCUT2D eigenvalue weighted by atomic mass is 32.1. The number of aromatic nitrogens is 5. The molecule has 8 heteroatoms. The van der Waals surface area contributed by atoms with Crippen LogP contribution >= 0.6 is 11.3 Å². The molecule has 1 atom stereocenters.